The molecule has 1 N–H and O–H groups in total. The number of aryl methyl sites for hydroxylation is 1. The van der Waals surface area contributed by atoms with E-state index in [4.69, 9.17) is 0 Å². The molecule has 0 fully saturated rings. The highest BCUT2D eigenvalue weighted by atomic mass is 16.2. The van der Waals surface area contributed by atoms with Crippen molar-refractivity contribution in [1.29, 1.82) is 0 Å². The van der Waals surface area contributed by atoms with E-state index in [1.807, 2.05) is 0 Å². The minimum absolute atomic E-state index is 0.00176. The third kappa shape index (κ3) is 0.973. The molecule has 0 aliphatic heterocycles. The van der Waals surface area contributed by atoms with Gasteiger partial charge in [0, 0.05) is 7.05 Å². The van der Waals surface area contributed by atoms with Gasteiger partial charge in [-0.3, -0.25) is 14.3 Å². The van der Waals surface area contributed by atoms with Crippen molar-refractivity contribution in [3.63, 3.8) is 0 Å². The molecule has 3 rings (SSSR count). The predicted molar refractivity (Wildman–Crippen MR) is 49.7 cm³/mol. The molecule has 0 unspecified atom stereocenters. The van der Waals surface area contributed by atoms with Crippen LogP contribution in [0.4, 0.5) is 0 Å². The molecule has 16 heavy (non-hydrogen) atoms. The van der Waals surface area contributed by atoms with Gasteiger partial charge < -0.3 is 0 Å². The summed E-state index contributed by atoms with van der Waals surface area (Å²) in [6.07, 6.45) is 0. The summed E-state index contributed by atoms with van der Waals surface area (Å²) in [6.45, 7) is 0. The smallest absolute Gasteiger partial charge is 0.279 e. The quantitative estimate of drug-likeness (QED) is 0.442. The van der Waals surface area contributed by atoms with E-state index >= 15 is 0 Å². The van der Waals surface area contributed by atoms with E-state index in [1.165, 1.54) is 11.6 Å². The summed E-state index contributed by atoms with van der Waals surface area (Å²) in [4.78, 5) is 28.8. The fraction of sp³-hybridized carbons (Fsp3) is 0.167. The van der Waals surface area contributed by atoms with Crippen molar-refractivity contribution in [2.24, 2.45) is 7.05 Å². The van der Waals surface area contributed by atoms with E-state index in [2.05, 4.69) is 30.6 Å². The molecule has 0 bridgehead atoms. The maximum atomic E-state index is 11.5. The molecule has 3 aromatic heterocycles. The molecule has 0 aliphatic rings. The normalized spacial score (nSPS) is 11.3. The van der Waals surface area contributed by atoms with Crippen molar-refractivity contribution in [2.45, 2.75) is 0 Å². The van der Waals surface area contributed by atoms with Crippen LogP contribution in [0.2, 0.25) is 0 Å². The predicted octanol–water partition coefficient (Wildman–Crippen LogP) is -2.55. The van der Waals surface area contributed by atoms with Crippen molar-refractivity contribution in [1.82, 2.24) is 39.8 Å². The first-order chi connectivity index (χ1) is 7.66. The number of H-pyrrole nitrogens is 1. The monoisotopic (exact) mass is 220 g/mol. The van der Waals surface area contributed by atoms with Crippen molar-refractivity contribution in [3.8, 4) is 0 Å². The molecule has 0 saturated heterocycles. The second kappa shape index (κ2) is 2.68. The second-order valence-corrected chi connectivity index (χ2v) is 3.07. The summed E-state index contributed by atoms with van der Waals surface area (Å²) in [5.41, 5.74) is -1.05. The largest absolute Gasteiger partial charge is 0.329 e. The number of rotatable bonds is 0. The van der Waals surface area contributed by atoms with Crippen LogP contribution in [0, 0.1) is 0 Å². The lowest BCUT2D eigenvalue weighted by Gasteiger charge is -2.00. The fourth-order valence-corrected chi connectivity index (χ4v) is 1.31. The van der Waals surface area contributed by atoms with E-state index < -0.39 is 11.2 Å². The van der Waals surface area contributed by atoms with Crippen LogP contribution in [-0.4, -0.2) is 39.8 Å². The zero-order chi connectivity index (χ0) is 11.3. The highest BCUT2D eigenvalue weighted by molar-refractivity contribution is 5.69. The lowest BCUT2D eigenvalue weighted by atomic mass is 10.5. The van der Waals surface area contributed by atoms with Gasteiger partial charge in [0.05, 0.1) is 0 Å². The summed E-state index contributed by atoms with van der Waals surface area (Å²) < 4.78 is 2.18. The van der Waals surface area contributed by atoms with Crippen molar-refractivity contribution < 1.29 is 0 Å². The van der Waals surface area contributed by atoms with Gasteiger partial charge in [-0.2, -0.15) is 4.98 Å². The van der Waals surface area contributed by atoms with E-state index in [0.29, 0.717) is 0 Å². The Bertz CT molecular complexity index is 811. The zero-order valence-corrected chi connectivity index (χ0v) is 7.95. The van der Waals surface area contributed by atoms with Crippen LogP contribution in [0.15, 0.2) is 9.59 Å². The van der Waals surface area contributed by atoms with Crippen molar-refractivity contribution in [2.75, 3.05) is 0 Å². The molecule has 0 saturated carbocycles. The van der Waals surface area contributed by atoms with Gasteiger partial charge in [0.1, 0.15) is 0 Å². The van der Waals surface area contributed by atoms with Gasteiger partial charge in [-0.05, 0) is 10.4 Å². The van der Waals surface area contributed by atoms with Crippen LogP contribution in [0.5, 0.6) is 0 Å². The molecular weight excluding hydrogens is 216 g/mol. The van der Waals surface area contributed by atoms with Gasteiger partial charge in [-0.1, -0.05) is 9.73 Å². The number of nitrogens with one attached hydrogen (secondary N) is 1. The van der Waals surface area contributed by atoms with Crippen LogP contribution in [0.1, 0.15) is 0 Å². The summed E-state index contributed by atoms with van der Waals surface area (Å²) >= 11 is 0. The molecule has 0 radical (unpaired) electrons. The number of hydrogen-bond donors (Lipinski definition) is 1. The molecular formula is C6H4N8O2. The Hall–Kier alpha value is -2.65. The molecule has 10 heteroatoms. The number of fused-ring (bicyclic) bond motifs is 2. The SMILES string of the molecule is Cn1c(=O)[nH]c(=O)c2nn3nnnc3nc21. The van der Waals surface area contributed by atoms with Gasteiger partial charge in [-0.15, -0.1) is 5.10 Å². The Morgan fingerprint density at radius 3 is 2.94 bits per heavy atom. The number of aromatic amines is 1. The summed E-state index contributed by atoms with van der Waals surface area (Å²) in [5, 5.41) is 14.3. The minimum Gasteiger partial charge on any atom is -0.279 e. The molecule has 3 aromatic rings. The van der Waals surface area contributed by atoms with Crippen LogP contribution in [0.3, 0.4) is 0 Å². The molecule has 0 aromatic carbocycles. The van der Waals surface area contributed by atoms with Crippen molar-refractivity contribution >= 4 is 16.9 Å². The lowest BCUT2D eigenvalue weighted by Crippen LogP contribution is -2.30. The third-order valence-corrected chi connectivity index (χ3v) is 2.11. The molecule has 3 heterocycles. The number of tetrazole rings is 1. The van der Waals surface area contributed by atoms with E-state index in [-0.39, 0.29) is 16.9 Å². The van der Waals surface area contributed by atoms with Gasteiger partial charge in [0.25, 0.3) is 11.3 Å². The van der Waals surface area contributed by atoms with Crippen LogP contribution in [-0.2, 0) is 7.05 Å². The highest BCUT2D eigenvalue weighted by Gasteiger charge is 2.10. The third-order valence-electron chi connectivity index (χ3n) is 2.11. The Kier molecular flexibility index (Phi) is 1.45. The molecule has 0 amide bonds. The standard InChI is InChI=1S/C6H4N8O2/c1-13-3-2(4(15)8-6(13)16)10-14-5(7-3)9-11-12-14/h1H3,(H,8,15,16). The van der Waals surface area contributed by atoms with E-state index in [1.54, 1.807) is 0 Å². The average molecular weight is 220 g/mol. The van der Waals surface area contributed by atoms with Gasteiger partial charge in [0.2, 0.25) is 0 Å². The lowest BCUT2D eigenvalue weighted by molar-refractivity contribution is 0.728. The minimum atomic E-state index is -0.622. The maximum Gasteiger partial charge on any atom is 0.329 e. The number of nitrogens with zero attached hydrogens (tertiary/aromatic N) is 7. The van der Waals surface area contributed by atoms with E-state index in [9.17, 15) is 9.59 Å². The van der Waals surface area contributed by atoms with Crippen molar-refractivity contribution in [3.05, 3.63) is 20.8 Å². The Balaban J connectivity index is 2.69. The first-order valence-electron chi connectivity index (χ1n) is 4.22. The average Bonchev–Trinajstić information content (AvgIpc) is 2.71. The zero-order valence-electron chi connectivity index (χ0n) is 7.95. The Morgan fingerprint density at radius 2 is 2.12 bits per heavy atom. The Labute approximate surface area is 85.5 Å². The maximum absolute atomic E-state index is 11.5. The Morgan fingerprint density at radius 1 is 1.31 bits per heavy atom. The van der Waals surface area contributed by atoms with E-state index in [0.717, 1.165) is 4.63 Å². The highest BCUT2D eigenvalue weighted by Crippen LogP contribution is 1.99. The first kappa shape index (κ1) is 8.64. The number of hydrogen-bond acceptors (Lipinski definition) is 7. The molecule has 10 nitrogen and oxygen atoms in total. The molecule has 0 atom stereocenters. The van der Waals surface area contributed by atoms with Gasteiger partial charge >= 0.3 is 5.69 Å². The fourth-order valence-electron chi connectivity index (χ4n) is 1.31. The molecule has 0 aliphatic carbocycles. The van der Waals surface area contributed by atoms with Gasteiger partial charge in [-0.25, -0.2) is 4.79 Å². The van der Waals surface area contributed by atoms with Crippen LogP contribution < -0.4 is 11.2 Å². The van der Waals surface area contributed by atoms with Crippen LogP contribution in [0.25, 0.3) is 16.9 Å². The summed E-state index contributed by atoms with van der Waals surface area (Å²) in [5.74, 6) is 0.119. The molecule has 80 valence electrons. The molecule has 0 spiro atoms. The summed E-state index contributed by atoms with van der Waals surface area (Å²) in [6, 6.07) is 0. The first-order valence-corrected chi connectivity index (χ1v) is 4.22. The second-order valence-electron chi connectivity index (χ2n) is 3.07. The topological polar surface area (TPSA) is 124 Å². The van der Waals surface area contributed by atoms with Gasteiger partial charge in [0.15, 0.2) is 11.2 Å². The van der Waals surface area contributed by atoms with Crippen LogP contribution >= 0.6 is 0 Å². The number of aromatic nitrogens is 8. The summed E-state index contributed by atoms with van der Waals surface area (Å²) in [7, 11) is 1.47.